The van der Waals surface area contributed by atoms with Crippen molar-refractivity contribution in [3.8, 4) is 0 Å². The summed E-state index contributed by atoms with van der Waals surface area (Å²) in [7, 11) is 0. The lowest BCUT2D eigenvalue weighted by atomic mass is 10.1. The van der Waals surface area contributed by atoms with Crippen LogP contribution in [0.15, 0.2) is 53.0 Å². The van der Waals surface area contributed by atoms with Crippen molar-refractivity contribution in [2.45, 2.75) is 32.3 Å². The van der Waals surface area contributed by atoms with Gasteiger partial charge in [-0.1, -0.05) is 42.8 Å². The number of anilines is 1. The van der Waals surface area contributed by atoms with Crippen LogP contribution in [0, 0.1) is 0 Å². The van der Waals surface area contributed by atoms with Crippen LogP contribution in [0.4, 0.5) is 5.69 Å². The number of hydrogen-bond acceptors (Lipinski definition) is 2. The van der Waals surface area contributed by atoms with Gasteiger partial charge in [0.05, 0.1) is 6.61 Å². The number of rotatable bonds is 8. The molecule has 0 aliphatic heterocycles. The number of aryl methyl sites for hydroxylation is 1. The maximum Gasteiger partial charge on any atom is 0.0682 e. The Bertz CT molecular complexity index is 542. The molecule has 21 heavy (non-hydrogen) atoms. The number of nitrogens with one attached hydrogen (secondary N) is 1. The lowest BCUT2D eigenvalue weighted by Crippen LogP contribution is -2.02. The summed E-state index contributed by atoms with van der Waals surface area (Å²) in [5, 5.41) is 12.5. The molecule has 0 heterocycles. The van der Waals surface area contributed by atoms with Gasteiger partial charge in [-0.25, -0.2) is 0 Å². The molecule has 3 heteroatoms. The minimum Gasteiger partial charge on any atom is -0.392 e. The number of hydrogen-bond donors (Lipinski definition) is 2. The standard InChI is InChI=1S/C18H22BrNO/c19-17-13-16(14-21)10-11-18(17)20-12-6-2-5-9-15-7-3-1-4-8-15/h1,3-4,7-8,10-11,13,20-21H,2,5-6,9,12,14H2. The van der Waals surface area contributed by atoms with Crippen LogP contribution in [0.25, 0.3) is 0 Å². The Balaban J connectivity index is 1.64. The fraction of sp³-hybridized carbons (Fsp3) is 0.333. The third-order valence-corrected chi connectivity index (χ3v) is 4.17. The number of unbranched alkanes of at least 4 members (excludes halogenated alkanes) is 2. The van der Waals surface area contributed by atoms with Gasteiger partial charge in [-0.15, -0.1) is 0 Å². The van der Waals surface area contributed by atoms with E-state index < -0.39 is 0 Å². The summed E-state index contributed by atoms with van der Waals surface area (Å²) in [5.41, 5.74) is 3.44. The molecule has 0 aliphatic rings. The van der Waals surface area contributed by atoms with Crippen LogP contribution in [0.1, 0.15) is 30.4 Å². The maximum atomic E-state index is 9.08. The molecule has 0 bridgehead atoms. The van der Waals surface area contributed by atoms with Crippen molar-refractivity contribution in [1.82, 2.24) is 0 Å². The molecule has 2 N–H and O–H groups in total. The molecule has 0 fully saturated rings. The molecule has 0 aromatic heterocycles. The molecule has 2 aromatic carbocycles. The van der Waals surface area contributed by atoms with Crippen molar-refractivity contribution in [2.75, 3.05) is 11.9 Å². The highest BCUT2D eigenvalue weighted by molar-refractivity contribution is 9.10. The van der Waals surface area contributed by atoms with Gasteiger partial charge >= 0.3 is 0 Å². The van der Waals surface area contributed by atoms with E-state index in [1.807, 2.05) is 18.2 Å². The van der Waals surface area contributed by atoms with Crippen LogP contribution in [-0.2, 0) is 13.0 Å². The Morgan fingerprint density at radius 1 is 0.905 bits per heavy atom. The Labute approximate surface area is 135 Å². The Kier molecular flexibility index (Phi) is 6.77. The summed E-state index contributed by atoms with van der Waals surface area (Å²) >= 11 is 3.53. The highest BCUT2D eigenvalue weighted by Gasteiger charge is 2.00. The quantitative estimate of drug-likeness (QED) is 0.674. The number of aliphatic hydroxyl groups excluding tert-OH is 1. The van der Waals surface area contributed by atoms with E-state index in [1.165, 1.54) is 24.8 Å². The van der Waals surface area contributed by atoms with E-state index in [-0.39, 0.29) is 6.61 Å². The number of benzene rings is 2. The molecule has 2 aromatic rings. The summed E-state index contributed by atoms with van der Waals surface area (Å²) in [6, 6.07) is 16.6. The number of halogens is 1. The molecule has 0 atom stereocenters. The lowest BCUT2D eigenvalue weighted by Gasteiger charge is -2.09. The van der Waals surface area contributed by atoms with Crippen molar-refractivity contribution < 1.29 is 5.11 Å². The second-order valence-electron chi connectivity index (χ2n) is 5.20. The highest BCUT2D eigenvalue weighted by Crippen LogP contribution is 2.23. The summed E-state index contributed by atoms with van der Waals surface area (Å²) in [6.45, 7) is 1.06. The zero-order valence-corrected chi connectivity index (χ0v) is 13.8. The van der Waals surface area contributed by atoms with Crippen molar-refractivity contribution in [2.24, 2.45) is 0 Å². The molecule has 2 rings (SSSR count). The molecule has 112 valence electrons. The monoisotopic (exact) mass is 347 g/mol. The fourth-order valence-corrected chi connectivity index (χ4v) is 2.87. The second kappa shape index (κ2) is 8.85. The van der Waals surface area contributed by atoms with E-state index in [0.29, 0.717) is 0 Å². The predicted octanol–water partition coefficient (Wildman–Crippen LogP) is 4.77. The Hall–Kier alpha value is -1.32. The van der Waals surface area contributed by atoms with Gasteiger partial charge in [-0.2, -0.15) is 0 Å². The molecule has 2 nitrogen and oxygen atoms in total. The van der Waals surface area contributed by atoms with E-state index in [1.54, 1.807) is 0 Å². The smallest absolute Gasteiger partial charge is 0.0682 e. The van der Waals surface area contributed by atoms with E-state index in [2.05, 4.69) is 51.6 Å². The van der Waals surface area contributed by atoms with Gasteiger partial charge in [0.15, 0.2) is 0 Å². The first kappa shape index (κ1) is 16.1. The lowest BCUT2D eigenvalue weighted by molar-refractivity contribution is 0.282. The van der Waals surface area contributed by atoms with Gasteiger partial charge in [0.1, 0.15) is 0 Å². The predicted molar refractivity (Wildman–Crippen MR) is 92.6 cm³/mol. The Morgan fingerprint density at radius 2 is 1.71 bits per heavy atom. The van der Waals surface area contributed by atoms with E-state index >= 15 is 0 Å². The van der Waals surface area contributed by atoms with Crippen molar-refractivity contribution in [3.05, 3.63) is 64.1 Å². The topological polar surface area (TPSA) is 32.3 Å². The largest absolute Gasteiger partial charge is 0.392 e. The molecule has 0 radical (unpaired) electrons. The summed E-state index contributed by atoms with van der Waals surface area (Å²) in [5.74, 6) is 0. The molecular formula is C18H22BrNO. The first-order valence-corrected chi connectivity index (χ1v) is 8.26. The van der Waals surface area contributed by atoms with Crippen LogP contribution in [0.2, 0.25) is 0 Å². The third-order valence-electron chi connectivity index (χ3n) is 3.52. The second-order valence-corrected chi connectivity index (χ2v) is 6.05. The van der Waals surface area contributed by atoms with Crippen LogP contribution in [-0.4, -0.2) is 11.7 Å². The van der Waals surface area contributed by atoms with E-state index in [9.17, 15) is 0 Å². The van der Waals surface area contributed by atoms with Gasteiger partial charge in [-0.05, 0) is 58.5 Å². The van der Waals surface area contributed by atoms with E-state index in [0.717, 1.165) is 28.7 Å². The van der Waals surface area contributed by atoms with Gasteiger partial charge in [-0.3, -0.25) is 0 Å². The Morgan fingerprint density at radius 3 is 2.43 bits per heavy atom. The molecule has 0 saturated heterocycles. The van der Waals surface area contributed by atoms with E-state index in [4.69, 9.17) is 5.11 Å². The van der Waals surface area contributed by atoms with Crippen LogP contribution in [0.3, 0.4) is 0 Å². The van der Waals surface area contributed by atoms with Crippen molar-refractivity contribution >= 4 is 21.6 Å². The van der Waals surface area contributed by atoms with Gasteiger partial charge < -0.3 is 10.4 Å². The number of aliphatic hydroxyl groups is 1. The first-order chi connectivity index (χ1) is 10.3. The van der Waals surface area contributed by atoms with Gasteiger partial charge in [0, 0.05) is 16.7 Å². The molecule has 0 amide bonds. The van der Waals surface area contributed by atoms with Crippen LogP contribution < -0.4 is 5.32 Å². The van der Waals surface area contributed by atoms with Crippen molar-refractivity contribution in [3.63, 3.8) is 0 Å². The average molecular weight is 348 g/mol. The van der Waals surface area contributed by atoms with Gasteiger partial charge in [0.2, 0.25) is 0 Å². The average Bonchev–Trinajstić information content (AvgIpc) is 2.53. The zero-order chi connectivity index (χ0) is 14.9. The first-order valence-electron chi connectivity index (χ1n) is 7.46. The summed E-state index contributed by atoms with van der Waals surface area (Å²) in [6.07, 6.45) is 4.79. The van der Waals surface area contributed by atoms with Gasteiger partial charge in [0.25, 0.3) is 0 Å². The minimum absolute atomic E-state index is 0.0817. The molecule has 0 saturated carbocycles. The molecule has 0 aliphatic carbocycles. The summed E-state index contributed by atoms with van der Waals surface area (Å²) in [4.78, 5) is 0. The maximum absolute atomic E-state index is 9.08. The normalized spacial score (nSPS) is 10.6. The minimum atomic E-state index is 0.0817. The highest BCUT2D eigenvalue weighted by atomic mass is 79.9. The molecular weight excluding hydrogens is 326 g/mol. The SMILES string of the molecule is OCc1ccc(NCCCCCc2ccccc2)c(Br)c1. The fourth-order valence-electron chi connectivity index (χ4n) is 2.30. The van der Waals surface area contributed by atoms with Crippen LogP contribution >= 0.6 is 15.9 Å². The third kappa shape index (κ3) is 5.52. The molecule has 0 unspecified atom stereocenters. The molecule has 0 spiro atoms. The van der Waals surface area contributed by atoms with Crippen LogP contribution in [0.5, 0.6) is 0 Å². The zero-order valence-electron chi connectivity index (χ0n) is 12.2. The summed E-state index contributed by atoms with van der Waals surface area (Å²) < 4.78 is 1.01. The van der Waals surface area contributed by atoms with Crippen molar-refractivity contribution in [1.29, 1.82) is 0 Å².